The van der Waals surface area contributed by atoms with Gasteiger partial charge in [-0.25, -0.2) is 0 Å². The molecule has 0 heterocycles. The van der Waals surface area contributed by atoms with Gasteiger partial charge in [-0.2, -0.15) is 0 Å². The Bertz CT molecular complexity index is 169. The molecule has 0 radical (unpaired) electrons. The fourth-order valence-corrected chi connectivity index (χ4v) is 1.56. The first-order valence-corrected chi connectivity index (χ1v) is 5.53. The highest BCUT2D eigenvalue weighted by molar-refractivity contribution is 5.81. The fourth-order valence-electron chi connectivity index (χ4n) is 1.56. The van der Waals surface area contributed by atoms with Crippen LogP contribution in [0.15, 0.2) is 0 Å². The summed E-state index contributed by atoms with van der Waals surface area (Å²) in [4.78, 5) is 11.5. The van der Waals surface area contributed by atoms with E-state index in [9.17, 15) is 4.79 Å². The first-order chi connectivity index (χ1) is 6.47. The number of hydrogen-bond acceptors (Lipinski definition) is 2. The van der Waals surface area contributed by atoms with Crippen LogP contribution in [-0.2, 0) is 4.79 Å². The van der Waals surface area contributed by atoms with E-state index in [0.717, 1.165) is 19.3 Å². The van der Waals surface area contributed by atoms with Crippen LogP contribution in [0.25, 0.3) is 0 Å². The molecule has 14 heavy (non-hydrogen) atoms. The molecule has 0 aliphatic rings. The standard InChI is InChI=1S/C11H24N2O/c1-5-6-10(12)11(14)13-9(4)7-8(2)3/h8-10H,5-7,12H2,1-4H3,(H,13,14)/t9?,10-/m1/s1. The van der Waals surface area contributed by atoms with Gasteiger partial charge in [-0.3, -0.25) is 4.79 Å². The largest absolute Gasteiger partial charge is 0.352 e. The van der Waals surface area contributed by atoms with E-state index in [-0.39, 0.29) is 18.0 Å². The summed E-state index contributed by atoms with van der Waals surface area (Å²) in [5, 5.41) is 2.93. The number of amides is 1. The molecule has 0 aromatic heterocycles. The maximum atomic E-state index is 11.5. The zero-order valence-electron chi connectivity index (χ0n) is 9.84. The van der Waals surface area contributed by atoms with Crippen molar-refractivity contribution in [3.05, 3.63) is 0 Å². The lowest BCUT2D eigenvalue weighted by Gasteiger charge is -2.18. The maximum absolute atomic E-state index is 11.5. The van der Waals surface area contributed by atoms with Crippen LogP contribution in [0.2, 0.25) is 0 Å². The zero-order chi connectivity index (χ0) is 11.1. The van der Waals surface area contributed by atoms with Gasteiger partial charge in [0.15, 0.2) is 0 Å². The second kappa shape index (κ2) is 6.82. The van der Waals surface area contributed by atoms with Gasteiger partial charge in [0, 0.05) is 6.04 Å². The van der Waals surface area contributed by atoms with Gasteiger partial charge in [0.25, 0.3) is 0 Å². The molecule has 0 bridgehead atoms. The molecular weight excluding hydrogens is 176 g/mol. The Morgan fingerprint density at radius 3 is 2.36 bits per heavy atom. The van der Waals surface area contributed by atoms with Crippen molar-refractivity contribution in [1.29, 1.82) is 0 Å². The molecule has 0 saturated carbocycles. The monoisotopic (exact) mass is 200 g/mol. The van der Waals surface area contributed by atoms with Gasteiger partial charge in [0.2, 0.25) is 5.91 Å². The number of rotatable bonds is 6. The van der Waals surface area contributed by atoms with Crippen LogP contribution in [0.1, 0.15) is 47.0 Å². The SMILES string of the molecule is CCC[C@@H](N)C(=O)NC(C)CC(C)C. The van der Waals surface area contributed by atoms with Gasteiger partial charge < -0.3 is 11.1 Å². The first-order valence-electron chi connectivity index (χ1n) is 5.53. The highest BCUT2D eigenvalue weighted by Crippen LogP contribution is 2.04. The van der Waals surface area contributed by atoms with E-state index in [1.54, 1.807) is 0 Å². The maximum Gasteiger partial charge on any atom is 0.237 e. The Labute approximate surface area is 87.4 Å². The van der Waals surface area contributed by atoms with Crippen molar-refractivity contribution in [2.45, 2.75) is 59.0 Å². The average Bonchev–Trinajstić information content (AvgIpc) is 2.02. The van der Waals surface area contributed by atoms with E-state index in [4.69, 9.17) is 5.73 Å². The topological polar surface area (TPSA) is 55.1 Å². The first kappa shape index (κ1) is 13.4. The Kier molecular flexibility index (Phi) is 6.54. The summed E-state index contributed by atoms with van der Waals surface area (Å²) in [6.07, 6.45) is 2.72. The van der Waals surface area contributed by atoms with Crippen LogP contribution >= 0.6 is 0 Å². The number of nitrogens with two attached hydrogens (primary N) is 1. The molecule has 0 aliphatic carbocycles. The number of nitrogens with one attached hydrogen (secondary N) is 1. The molecule has 84 valence electrons. The lowest BCUT2D eigenvalue weighted by atomic mass is 10.0. The van der Waals surface area contributed by atoms with Gasteiger partial charge in [-0.1, -0.05) is 27.2 Å². The molecular formula is C11H24N2O. The van der Waals surface area contributed by atoms with Crippen LogP contribution < -0.4 is 11.1 Å². The molecule has 3 N–H and O–H groups in total. The molecule has 2 atom stereocenters. The predicted octanol–water partition coefficient (Wildman–Crippen LogP) is 1.66. The predicted molar refractivity (Wildman–Crippen MR) is 59.9 cm³/mol. The number of carbonyl (C=O) groups excluding carboxylic acids is 1. The summed E-state index contributed by atoms with van der Waals surface area (Å²) in [7, 11) is 0. The van der Waals surface area contributed by atoms with Crippen molar-refractivity contribution in [3.8, 4) is 0 Å². The van der Waals surface area contributed by atoms with E-state index in [1.165, 1.54) is 0 Å². The van der Waals surface area contributed by atoms with Gasteiger partial charge in [0.1, 0.15) is 0 Å². The van der Waals surface area contributed by atoms with E-state index >= 15 is 0 Å². The minimum absolute atomic E-state index is 0.0139. The van der Waals surface area contributed by atoms with E-state index in [1.807, 2.05) is 13.8 Å². The molecule has 0 aliphatic heterocycles. The molecule has 3 nitrogen and oxygen atoms in total. The van der Waals surface area contributed by atoms with Gasteiger partial charge in [-0.05, 0) is 25.7 Å². The molecule has 0 saturated heterocycles. The Balaban J connectivity index is 3.80. The number of carbonyl (C=O) groups is 1. The summed E-state index contributed by atoms with van der Waals surface area (Å²) >= 11 is 0. The Morgan fingerprint density at radius 1 is 1.36 bits per heavy atom. The van der Waals surface area contributed by atoms with Crippen molar-refractivity contribution >= 4 is 5.91 Å². The van der Waals surface area contributed by atoms with Crippen molar-refractivity contribution in [3.63, 3.8) is 0 Å². The summed E-state index contributed by atoms with van der Waals surface area (Å²) in [6, 6.07) is -0.111. The molecule has 0 spiro atoms. The molecule has 1 unspecified atom stereocenters. The molecule has 0 aromatic rings. The van der Waals surface area contributed by atoms with Crippen molar-refractivity contribution in [1.82, 2.24) is 5.32 Å². The quantitative estimate of drug-likeness (QED) is 0.685. The second-order valence-corrected chi connectivity index (χ2v) is 4.43. The van der Waals surface area contributed by atoms with E-state index in [2.05, 4.69) is 19.2 Å². The third-order valence-corrected chi connectivity index (χ3v) is 2.15. The normalized spacial score (nSPS) is 15.3. The second-order valence-electron chi connectivity index (χ2n) is 4.43. The third-order valence-electron chi connectivity index (χ3n) is 2.15. The van der Waals surface area contributed by atoms with Crippen molar-refractivity contribution < 1.29 is 4.79 Å². The average molecular weight is 200 g/mol. The third kappa shape index (κ3) is 5.97. The molecule has 0 aromatic carbocycles. The summed E-state index contributed by atoms with van der Waals surface area (Å²) < 4.78 is 0. The highest BCUT2D eigenvalue weighted by Gasteiger charge is 2.14. The lowest BCUT2D eigenvalue weighted by molar-refractivity contribution is -0.123. The van der Waals surface area contributed by atoms with Crippen molar-refractivity contribution in [2.75, 3.05) is 0 Å². The van der Waals surface area contributed by atoms with E-state index in [0.29, 0.717) is 5.92 Å². The van der Waals surface area contributed by atoms with Crippen molar-refractivity contribution in [2.24, 2.45) is 11.7 Å². The zero-order valence-corrected chi connectivity index (χ0v) is 9.84. The van der Waals surface area contributed by atoms with Crippen LogP contribution in [0.4, 0.5) is 0 Å². The summed E-state index contributed by atoms with van der Waals surface area (Å²) in [5.74, 6) is 0.590. The summed E-state index contributed by atoms with van der Waals surface area (Å²) in [5.41, 5.74) is 5.69. The minimum atomic E-state index is -0.338. The molecule has 3 heteroatoms. The number of hydrogen-bond donors (Lipinski definition) is 2. The molecule has 1 amide bonds. The van der Waals surface area contributed by atoms with E-state index < -0.39 is 0 Å². The van der Waals surface area contributed by atoms with Crippen LogP contribution in [-0.4, -0.2) is 18.0 Å². The van der Waals surface area contributed by atoms with Crippen LogP contribution in [0.3, 0.4) is 0 Å². The minimum Gasteiger partial charge on any atom is -0.352 e. The van der Waals surface area contributed by atoms with Crippen LogP contribution in [0, 0.1) is 5.92 Å². The lowest BCUT2D eigenvalue weighted by Crippen LogP contribution is -2.44. The Morgan fingerprint density at radius 2 is 1.93 bits per heavy atom. The summed E-state index contributed by atoms with van der Waals surface area (Å²) in [6.45, 7) is 8.35. The Hall–Kier alpha value is -0.570. The smallest absolute Gasteiger partial charge is 0.237 e. The van der Waals surface area contributed by atoms with Gasteiger partial charge in [0.05, 0.1) is 6.04 Å². The highest BCUT2D eigenvalue weighted by atomic mass is 16.2. The molecule has 0 fully saturated rings. The van der Waals surface area contributed by atoms with Crippen LogP contribution in [0.5, 0.6) is 0 Å². The fraction of sp³-hybridized carbons (Fsp3) is 0.909. The van der Waals surface area contributed by atoms with Gasteiger partial charge >= 0.3 is 0 Å². The molecule has 0 rings (SSSR count). The van der Waals surface area contributed by atoms with Gasteiger partial charge in [-0.15, -0.1) is 0 Å².